The van der Waals surface area contributed by atoms with E-state index in [0.717, 1.165) is 10.0 Å². The first-order valence-corrected chi connectivity index (χ1v) is 5.64. The Hall–Kier alpha value is -0.340. The minimum atomic E-state index is -0.766. The number of aliphatic hydroxyl groups is 1. The van der Waals surface area contributed by atoms with Crippen LogP contribution in [-0.2, 0) is 5.60 Å². The highest BCUT2D eigenvalue weighted by Gasteiger charge is 2.17. The van der Waals surface area contributed by atoms with Crippen LogP contribution >= 0.6 is 15.9 Å². The molecule has 0 aliphatic carbocycles. The van der Waals surface area contributed by atoms with Crippen molar-refractivity contribution in [3.05, 3.63) is 33.8 Å². The summed E-state index contributed by atoms with van der Waals surface area (Å²) >= 11 is 3.53. The van der Waals surface area contributed by atoms with E-state index in [4.69, 9.17) is 0 Å². The molecule has 14 heavy (non-hydrogen) atoms. The van der Waals surface area contributed by atoms with Gasteiger partial charge in [0.25, 0.3) is 0 Å². The molecule has 1 nitrogen and oxygen atoms in total. The monoisotopic (exact) mass is 256 g/mol. The van der Waals surface area contributed by atoms with Gasteiger partial charge < -0.3 is 5.11 Å². The van der Waals surface area contributed by atoms with Crippen LogP contribution in [0.4, 0.5) is 0 Å². The summed E-state index contributed by atoms with van der Waals surface area (Å²) in [5.74, 6) is 0.500. The topological polar surface area (TPSA) is 20.2 Å². The van der Waals surface area contributed by atoms with Gasteiger partial charge >= 0.3 is 0 Å². The van der Waals surface area contributed by atoms with E-state index in [2.05, 4.69) is 35.8 Å². The molecule has 0 aliphatic heterocycles. The van der Waals surface area contributed by atoms with Gasteiger partial charge in [-0.25, -0.2) is 0 Å². The van der Waals surface area contributed by atoms with Crippen molar-refractivity contribution in [3.63, 3.8) is 0 Å². The highest BCUT2D eigenvalue weighted by molar-refractivity contribution is 9.10. The molecular weight excluding hydrogens is 240 g/mol. The van der Waals surface area contributed by atoms with Crippen LogP contribution in [0.5, 0.6) is 0 Å². The van der Waals surface area contributed by atoms with Crippen LogP contribution < -0.4 is 0 Å². The summed E-state index contributed by atoms with van der Waals surface area (Å²) in [7, 11) is 0. The van der Waals surface area contributed by atoms with Crippen molar-refractivity contribution < 1.29 is 5.11 Å². The van der Waals surface area contributed by atoms with Gasteiger partial charge in [-0.1, -0.05) is 41.9 Å². The van der Waals surface area contributed by atoms with E-state index >= 15 is 0 Å². The molecule has 1 aromatic carbocycles. The van der Waals surface area contributed by atoms with Gasteiger partial charge in [0.2, 0.25) is 0 Å². The summed E-state index contributed by atoms with van der Waals surface area (Å²) in [6.45, 7) is 7.90. The maximum atomic E-state index is 9.82. The smallest absolute Gasteiger partial charge is 0.0840 e. The van der Waals surface area contributed by atoms with E-state index in [1.54, 1.807) is 13.8 Å². The Morgan fingerprint density at radius 3 is 2.21 bits per heavy atom. The van der Waals surface area contributed by atoms with Crippen LogP contribution in [-0.4, -0.2) is 5.11 Å². The van der Waals surface area contributed by atoms with Crippen LogP contribution in [0.2, 0.25) is 0 Å². The lowest BCUT2D eigenvalue weighted by Gasteiger charge is -2.19. The molecule has 0 heterocycles. The molecule has 0 aliphatic rings. The summed E-state index contributed by atoms with van der Waals surface area (Å²) in [6.07, 6.45) is 0. The summed E-state index contributed by atoms with van der Waals surface area (Å²) in [5, 5.41) is 9.82. The maximum Gasteiger partial charge on any atom is 0.0840 e. The average molecular weight is 257 g/mol. The zero-order valence-corrected chi connectivity index (χ0v) is 10.7. The summed E-state index contributed by atoms with van der Waals surface area (Å²) in [6, 6.07) is 6.05. The SMILES string of the molecule is CC(C)c1ccc(C(C)(C)O)cc1Br. The van der Waals surface area contributed by atoms with Crippen molar-refractivity contribution in [2.75, 3.05) is 0 Å². The van der Waals surface area contributed by atoms with Crippen LogP contribution in [0.15, 0.2) is 22.7 Å². The molecule has 0 saturated carbocycles. The molecule has 78 valence electrons. The molecule has 0 saturated heterocycles. The van der Waals surface area contributed by atoms with Gasteiger partial charge in [-0.15, -0.1) is 0 Å². The second-order valence-corrected chi connectivity index (χ2v) is 5.30. The number of hydrogen-bond donors (Lipinski definition) is 1. The summed E-state index contributed by atoms with van der Waals surface area (Å²) < 4.78 is 1.08. The average Bonchev–Trinajstić information content (AvgIpc) is 2.01. The molecule has 0 fully saturated rings. The van der Waals surface area contributed by atoms with Crippen LogP contribution in [0.3, 0.4) is 0 Å². The molecule has 0 bridgehead atoms. The second kappa shape index (κ2) is 4.03. The Kier molecular flexibility index (Phi) is 3.38. The molecule has 0 spiro atoms. The molecule has 1 aromatic rings. The summed E-state index contributed by atoms with van der Waals surface area (Å²) in [4.78, 5) is 0. The van der Waals surface area contributed by atoms with Crippen molar-refractivity contribution in [3.8, 4) is 0 Å². The van der Waals surface area contributed by atoms with Crippen LogP contribution in [0.1, 0.15) is 44.7 Å². The van der Waals surface area contributed by atoms with Gasteiger partial charge in [-0.3, -0.25) is 0 Å². The fourth-order valence-electron chi connectivity index (χ4n) is 1.38. The van der Waals surface area contributed by atoms with Crippen LogP contribution in [0.25, 0.3) is 0 Å². The van der Waals surface area contributed by atoms with E-state index in [0.29, 0.717) is 5.92 Å². The Morgan fingerprint density at radius 1 is 1.29 bits per heavy atom. The number of halogens is 1. The molecule has 0 radical (unpaired) electrons. The van der Waals surface area contributed by atoms with Gasteiger partial charge in [0, 0.05) is 4.47 Å². The normalized spacial score (nSPS) is 12.2. The van der Waals surface area contributed by atoms with Crippen molar-refractivity contribution in [2.24, 2.45) is 0 Å². The Morgan fingerprint density at radius 2 is 1.86 bits per heavy atom. The lowest BCUT2D eigenvalue weighted by Crippen LogP contribution is -2.15. The minimum Gasteiger partial charge on any atom is -0.386 e. The Bertz CT molecular complexity index is 324. The first kappa shape index (κ1) is 11.7. The maximum absolute atomic E-state index is 9.82. The lowest BCUT2D eigenvalue weighted by molar-refractivity contribution is 0.0785. The fourth-order valence-corrected chi connectivity index (χ4v) is 2.21. The predicted molar refractivity (Wildman–Crippen MR) is 63.5 cm³/mol. The summed E-state index contributed by atoms with van der Waals surface area (Å²) in [5.41, 5.74) is 1.45. The Balaban J connectivity index is 3.13. The van der Waals surface area contributed by atoms with Crippen molar-refractivity contribution in [1.29, 1.82) is 0 Å². The number of benzene rings is 1. The van der Waals surface area contributed by atoms with E-state index in [-0.39, 0.29) is 0 Å². The van der Waals surface area contributed by atoms with Crippen molar-refractivity contribution in [1.82, 2.24) is 0 Å². The fraction of sp³-hybridized carbons (Fsp3) is 0.500. The number of hydrogen-bond acceptors (Lipinski definition) is 1. The molecule has 0 aromatic heterocycles. The molecular formula is C12H17BrO. The highest BCUT2D eigenvalue weighted by Crippen LogP contribution is 2.29. The minimum absolute atomic E-state index is 0.500. The predicted octanol–water partition coefficient (Wildman–Crippen LogP) is 3.80. The standard InChI is InChI=1S/C12H17BrO/c1-8(2)10-6-5-9(7-11(10)13)12(3,4)14/h5-8,14H,1-4H3. The third kappa shape index (κ3) is 2.58. The molecule has 1 rings (SSSR count). The highest BCUT2D eigenvalue weighted by atomic mass is 79.9. The molecule has 1 N–H and O–H groups in total. The van der Waals surface area contributed by atoms with Crippen molar-refractivity contribution >= 4 is 15.9 Å². The number of rotatable bonds is 2. The molecule has 2 heteroatoms. The van der Waals surface area contributed by atoms with E-state index < -0.39 is 5.60 Å². The third-order valence-electron chi connectivity index (χ3n) is 2.33. The largest absolute Gasteiger partial charge is 0.386 e. The van der Waals surface area contributed by atoms with Crippen molar-refractivity contribution in [2.45, 2.75) is 39.2 Å². The van der Waals surface area contributed by atoms with Gasteiger partial charge in [0.05, 0.1) is 5.60 Å². The first-order valence-electron chi connectivity index (χ1n) is 4.84. The van der Waals surface area contributed by atoms with E-state index in [1.807, 2.05) is 12.1 Å². The zero-order valence-electron chi connectivity index (χ0n) is 9.13. The quantitative estimate of drug-likeness (QED) is 0.854. The molecule has 0 amide bonds. The van der Waals surface area contributed by atoms with E-state index in [1.165, 1.54) is 5.56 Å². The van der Waals surface area contributed by atoms with Gasteiger partial charge in [0.15, 0.2) is 0 Å². The first-order chi connectivity index (χ1) is 6.32. The Labute approximate surface area is 94.3 Å². The molecule has 0 atom stereocenters. The molecule has 0 unspecified atom stereocenters. The third-order valence-corrected chi connectivity index (χ3v) is 3.02. The van der Waals surface area contributed by atoms with Crippen LogP contribution in [0, 0.1) is 0 Å². The van der Waals surface area contributed by atoms with Gasteiger partial charge in [0.1, 0.15) is 0 Å². The lowest BCUT2D eigenvalue weighted by atomic mass is 9.94. The van der Waals surface area contributed by atoms with Gasteiger partial charge in [-0.05, 0) is 37.0 Å². The van der Waals surface area contributed by atoms with Gasteiger partial charge in [-0.2, -0.15) is 0 Å². The zero-order chi connectivity index (χ0) is 10.9. The second-order valence-electron chi connectivity index (χ2n) is 4.45. The van der Waals surface area contributed by atoms with E-state index in [9.17, 15) is 5.11 Å².